The van der Waals surface area contributed by atoms with Crippen LogP contribution in [-0.2, 0) is 4.74 Å². The van der Waals surface area contributed by atoms with Crippen molar-refractivity contribution in [2.24, 2.45) is 15.4 Å². The standard InChI is InChI=1S/C22H27N3O/c1-14-9-7-10-15(2)20(14)23-16(3)17-11-8-12-18(24-17)21-25-19(13-26-21)22(4,5)6/h7-12,19H,13H2,1-6H3/b23-16+/t19-/m1/s1. The summed E-state index contributed by atoms with van der Waals surface area (Å²) in [5.74, 6) is 0.631. The Morgan fingerprint density at radius 1 is 1.08 bits per heavy atom. The first-order valence-electron chi connectivity index (χ1n) is 9.05. The maximum absolute atomic E-state index is 5.82. The van der Waals surface area contributed by atoms with E-state index in [-0.39, 0.29) is 11.5 Å². The van der Waals surface area contributed by atoms with Gasteiger partial charge in [-0.3, -0.25) is 4.99 Å². The molecule has 136 valence electrons. The molecule has 3 rings (SSSR count). The maximum Gasteiger partial charge on any atom is 0.235 e. The molecule has 0 unspecified atom stereocenters. The SMILES string of the molecule is C/C(=N\c1c(C)cccc1C)c1cccc(C2=N[C@@H](C(C)(C)C)CO2)n1. The molecule has 0 spiro atoms. The number of ether oxygens (including phenoxy) is 1. The average molecular weight is 349 g/mol. The van der Waals surface area contributed by atoms with Crippen LogP contribution in [0.3, 0.4) is 0 Å². The fourth-order valence-corrected chi connectivity index (χ4v) is 2.92. The number of hydrogen-bond acceptors (Lipinski definition) is 4. The zero-order chi connectivity index (χ0) is 18.9. The monoisotopic (exact) mass is 349 g/mol. The quantitative estimate of drug-likeness (QED) is 0.730. The summed E-state index contributed by atoms with van der Waals surface area (Å²) >= 11 is 0. The van der Waals surface area contributed by atoms with Gasteiger partial charge in [0, 0.05) is 0 Å². The van der Waals surface area contributed by atoms with Crippen molar-refractivity contribution in [3.63, 3.8) is 0 Å². The smallest absolute Gasteiger partial charge is 0.235 e. The van der Waals surface area contributed by atoms with Gasteiger partial charge >= 0.3 is 0 Å². The first-order chi connectivity index (χ1) is 12.3. The molecular weight excluding hydrogens is 322 g/mol. The molecule has 0 aliphatic carbocycles. The van der Waals surface area contributed by atoms with Crippen LogP contribution >= 0.6 is 0 Å². The van der Waals surface area contributed by atoms with Crippen LogP contribution in [0.15, 0.2) is 46.4 Å². The number of aromatic nitrogens is 1. The van der Waals surface area contributed by atoms with Crippen LogP contribution in [0.2, 0.25) is 0 Å². The largest absolute Gasteiger partial charge is 0.474 e. The third kappa shape index (κ3) is 3.85. The first-order valence-corrected chi connectivity index (χ1v) is 9.05. The van der Waals surface area contributed by atoms with Gasteiger partial charge in [-0.05, 0) is 49.4 Å². The lowest BCUT2D eigenvalue weighted by Gasteiger charge is -2.21. The lowest BCUT2D eigenvalue weighted by Crippen LogP contribution is -2.25. The number of para-hydroxylation sites is 1. The van der Waals surface area contributed by atoms with E-state index < -0.39 is 0 Å². The molecule has 1 aromatic heterocycles. The van der Waals surface area contributed by atoms with Gasteiger partial charge in [0.1, 0.15) is 12.3 Å². The van der Waals surface area contributed by atoms with Crippen molar-refractivity contribution < 1.29 is 4.74 Å². The Morgan fingerprint density at radius 2 is 1.73 bits per heavy atom. The van der Waals surface area contributed by atoms with E-state index in [1.54, 1.807) is 0 Å². The lowest BCUT2D eigenvalue weighted by molar-refractivity contribution is 0.235. The van der Waals surface area contributed by atoms with Crippen LogP contribution in [0, 0.1) is 19.3 Å². The minimum absolute atomic E-state index is 0.0824. The molecule has 0 amide bonds. The van der Waals surface area contributed by atoms with Gasteiger partial charge in [0.25, 0.3) is 0 Å². The molecule has 2 aromatic rings. The summed E-state index contributed by atoms with van der Waals surface area (Å²) in [6.45, 7) is 13.3. The average Bonchev–Trinajstić information content (AvgIpc) is 3.09. The number of nitrogens with zero attached hydrogens (tertiary/aromatic N) is 3. The molecule has 0 saturated heterocycles. The zero-order valence-electron chi connectivity index (χ0n) is 16.5. The van der Waals surface area contributed by atoms with Crippen molar-refractivity contribution >= 4 is 17.3 Å². The molecule has 1 aromatic carbocycles. The van der Waals surface area contributed by atoms with Gasteiger partial charge in [-0.2, -0.15) is 0 Å². The topological polar surface area (TPSA) is 46.8 Å². The van der Waals surface area contributed by atoms with Gasteiger partial charge < -0.3 is 4.74 Å². The van der Waals surface area contributed by atoms with Crippen LogP contribution in [0.5, 0.6) is 0 Å². The highest BCUT2D eigenvalue weighted by molar-refractivity contribution is 6.00. The van der Waals surface area contributed by atoms with Crippen LogP contribution in [0.4, 0.5) is 5.69 Å². The Bertz CT molecular complexity index is 855. The molecule has 1 aliphatic rings. The lowest BCUT2D eigenvalue weighted by atomic mass is 9.88. The Morgan fingerprint density at radius 3 is 2.35 bits per heavy atom. The van der Waals surface area contributed by atoms with E-state index >= 15 is 0 Å². The minimum atomic E-state index is 0.0824. The van der Waals surface area contributed by atoms with E-state index in [2.05, 4.69) is 52.8 Å². The Kier molecular flexibility index (Phi) is 4.94. The van der Waals surface area contributed by atoms with Gasteiger partial charge in [0.2, 0.25) is 5.90 Å². The Balaban J connectivity index is 1.92. The molecule has 2 heterocycles. The highest BCUT2D eigenvalue weighted by Crippen LogP contribution is 2.27. The Hall–Kier alpha value is -2.49. The van der Waals surface area contributed by atoms with Crippen LogP contribution in [0.25, 0.3) is 0 Å². The molecule has 1 aliphatic heterocycles. The molecule has 26 heavy (non-hydrogen) atoms. The molecule has 1 atom stereocenters. The van der Waals surface area contributed by atoms with E-state index in [0.717, 1.165) is 33.9 Å². The van der Waals surface area contributed by atoms with Crippen molar-refractivity contribution in [1.29, 1.82) is 0 Å². The van der Waals surface area contributed by atoms with E-state index in [1.807, 2.05) is 25.1 Å². The highest BCUT2D eigenvalue weighted by Gasteiger charge is 2.31. The second kappa shape index (κ2) is 7.02. The molecule has 0 fully saturated rings. The molecule has 0 radical (unpaired) electrons. The second-order valence-electron chi connectivity index (χ2n) is 7.97. The molecule has 4 nitrogen and oxygen atoms in total. The van der Waals surface area contributed by atoms with Crippen molar-refractivity contribution in [3.05, 3.63) is 58.9 Å². The summed E-state index contributed by atoms with van der Waals surface area (Å²) in [5, 5.41) is 0. The summed E-state index contributed by atoms with van der Waals surface area (Å²) in [4.78, 5) is 14.3. The van der Waals surface area contributed by atoms with Gasteiger partial charge in [-0.15, -0.1) is 0 Å². The maximum atomic E-state index is 5.82. The molecule has 0 saturated carbocycles. The van der Waals surface area contributed by atoms with Crippen LogP contribution in [-0.4, -0.2) is 29.2 Å². The summed E-state index contributed by atoms with van der Waals surface area (Å²) in [6, 6.07) is 12.3. The van der Waals surface area contributed by atoms with E-state index in [1.165, 1.54) is 0 Å². The van der Waals surface area contributed by atoms with Gasteiger partial charge in [0.15, 0.2) is 0 Å². The fraction of sp³-hybridized carbons (Fsp3) is 0.409. The first kappa shape index (κ1) is 18.3. The van der Waals surface area contributed by atoms with Crippen molar-refractivity contribution in [2.75, 3.05) is 6.61 Å². The molecular formula is C22H27N3O. The predicted octanol–water partition coefficient (Wildman–Crippen LogP) is 5.03. The van der Waals surface area contributed by atoms with Crippen molar-refractivity contribution in [2.45, 2.75) is 47.6 Å². The van der Waals surface area contributed by atoms with Crippen molar-refractivity contribution in [1.82, 2.24) is 4.98 Å². The van der Waals surface area contributed by atoms with Gasteiger partial charge in [0.05, 0.1) is 23.1 Å². The number of rotatable bonds is 3. The third-order valence-electron chi connectivity index (χ3n) is 4.71. The fourth-order valence-electron chi connectivity index (χ4n) is 2.92. The summed E-state index contributed by atoms with van der Waals surface area (Å²) < 4.78 is 5.82. The summed E-state index contributed by atoms with van der Waals surface area (Å²) in [6.07, 6.45) is 0. The zero-order valence-corrected chi connectivity index (χ0v) is 16.5. The van der Waals surface area contributed by atoms with Crippen LogP contribution < -0.4 is 0 Å². The number of aryl methyl sites for hydroxylation is 2. The normalized spacial score (nSPS) is 17.8. The summed E-state index contributed by atoms with van der Waals surface area (Å²) in [7, 11) is 0. The molecule has 0 N–H and O–H groups in total. The van der Waals surface area contributed by atoms with Crippen molar-refractivity contribution in [3.8, 4) is 0 Å². The number of benzene rings is 1. The molecule has 0 bridgehead atoms. The van der Waals surface area contributed by atoms with Gasteiger partial charge in [-0.25, -0.2) is 9.98 Å². The van der Waals surface area contributed by atoms with E-state index in [0.29, 0.717) is 12.5 Å². The molecule has 4 heteroatoms. The van der Waals surface area contributed by atoms with Crippen LogP contribution in [0.1, 0.15) is 50.2 Å². The number of pyridine rings is 1. The Labute approximate surface area is 156 Å². The van der Waals surface area contributed by atoms with E-state index in [4.69, 9.17) is 19.7 Å². The number of aliphatic imine (C=N–C) groups is 2. The minimum Gasteiger partial charge on any atom is -0.474 e. The van der Waals surface area contributed by atoms with Gasteiger partial charge in [-0.1, -0.05) is 45.0 Å². The highest BCUT2D eigenvalue weighted by atomic mass is 16.5. The third-order valence-corrected chi connectivity index (χ3v) is 4.71. The predicted molar refractivity (Wildman–Crippen MR) is 108 cm³/mol. The van der Waals surface area contributed by atoms with E-state index in [9.17, 15) is 0 Å². The number of hydrogen-bond donors (Lipinski definition) is 0. The second-order valence-corrected chi connectivity index (χ2v) is 7.97. The summed E-state index contributed by atoms with van der Waals surface area (Å²) in [5.41, 5.74) is 5.92.